The Morgan fingerprint density at radius 1 is 0.923 bits per heavy atom. The first-order valence-electron chi connectivity index (χ1n) is 9.05. The lowest BCUT2D eigenvalue weighted by molar-refractivity contribution is 0.398. The summed E-state index contributed by atoms with van der Waals surface area (Å²) in [5.41, 5.74) is 1.84. The Labute approximate surface area is 154 Å². The second-order valence-electron chi connectivity index (χ2n) is 6.88. The Hall–Kier alpha value is -2.99. The van der Waals surface area contributed by atoms with E-state index in [4.69, 9.17) is 4.74 Å². The van der Waals surface area contributed by atoms with Crippen molar-refractivity contribution in [1.29, 1.82) is 5.26 Å². The van der Waals surface area contributed by atoms with E-state index in [2.05, 4.69) is 59.5 Å². The summed E-state index contributed by atoms with van der Waals surface area (Å²) in [6.45, 7) is 1.69. The summed E-state index contributed by atoms with van der Waals surface area (Å²) in [4.78, 5) is 2.33. The van der Waals surface area contributed by atoms with Crippen LogP contribution in [0.4, 0.5) is 5.69 Å². The van der Waals surface area contributed by atoms with Crippen molar-refractivity contribution < 1.29 is 4.74 Å². The van der Waals surface area contributed by atoms with Crippen LogP contribution in [0.15, 0.2) is 66.7 Å². The van der Waals surface area contributed by atoms with Gasteiger partial charge >= 0.3 is 0 Å². The first-order valence-corrected chi connectivity index (χ1v) is 9.05. The van der Waals surface area contributed by atoms with Crippen molar-refractivity contribution in [2.75, 3.05) is 25.1 Å². The third-order valence-electron chi connectivity index (χ3n) is 5.56. The summed E-state index contributed by atoms with van der Waals surface area (Å²) >= 11 is 0. The molecule has 0 spiro atoms. The van der Waals surface area contributed by atoms with Crippen LogP contribution in [0.25, 0.3) is 10.8 Å². The minimum absolute atomic E-state index is 0.431. The van der Waals surface area contributed by atoms with Gasteiger partial charge in [0.2, 0.25) is 0 Å². The van der Waals surface area contributed by atoms with E-state index in [1.807, 2.05) is 18.2 Å². The zero-order valence-corrected chi connectivity index (χ0v) is 15.0. The number of ether oxygens (including phenoxy) is 1. The van der Waals surface area contributed by atoms with Crippen molar-refractivity contribution in [1.82, 2.24) is 0 Å². The predicted molar refractivity (Wildman–Crippen MR) is 106 cm³/mol. The molecule has 26 heavy (non-hydrogen) atoms. The molecule has 3 aromatic carbocycles. The standard InChI is InChI=1S/C23H22N2O/c1-26-22-12-5-4-11-21(22)25-15-13-23(17-24,14-16-25)20-10-6-8-18-7-2-3-9-19(18)20/h2-12H,13-16H2,1H3. The second-order valence-corrected chi connectivity index (χ2v) is 6.88. The fourth-order valence-corrected chi connectivity index (χ4v) is 4.10. The quantitative estimate of drug-likeness (QED) is 0.678. The van der Waals surface area contributed by atoms with Gasteiger partial charge in [0.1, 0.15) is 5.75 Å². The molecular weight excluding hydrogens is 320 g/mol. The molecule has 4 rings (SSSR count). The van der Waals surface area contributed by atoms with Gasteiger partial charge in [0.25, 0.3) is 0 Å². The Bertz CT molecular complexity index is 960. The summed E-state index contributed by atoms with van der Waals surface area (Å²) in [7, 11) is 1.71. The van der Waals surface area contributed by atoms with Crippen molar-refractivity contribution in [2.45, 2.75) is 18.3 Å². The van der Waals surface area contributed by atoms with Gasteiger partial charge in [-0.3, -0.25) is 0 Å². The second kappa shape index (κ2) is 6.72. The molecule has 3 nitrogen and oxygen atoms in total. The van der Waals surface area contributed by atoms with Gasteiger partial charge in [0, 0.05) is 13.1 Å². The first kappa shape index (κ1) is 16.5. The molecule has 1 saturated heterocycles. The van der Waals surface area contributed by atoms with E-state index >= 15 is 0 Å². The summed E-state index contributed by atoms with van der Waals surface area (Å²) in [6.07, 6.45) is 1.63. The Kier molecular flexibility index (Phi) is 4.26. The Morgan fingerprint density at radius 2 is 1.62 bits per heavy atom. The third-order valence-corrected chi connectivity index (χ3v) is 5.56. The highest BCUT2D eigenvalue weighted by Crippen LogP contribution is 2.41. The minimum atomic E-state index is -0.431. The first-order chi connectivity index (χ1) is 12.8. The van der Waals surface area contributed by atoms with Gasteiger partial charge in [-0.25, -0.2) is 0 Å². The van der Waals surface area contributed by atoms with E-state index in [-0.39, 0.29) is 0 Å². The molecule has 0 atom stereocenters. The fourth-order valence-electron chi connectivity index (χ4n) is 4.10. The molecular formula is C23H22N2O. The van der Waals surface area contributed by atoms with Crippen LogP contribution < -0.4 is 9.64 Å². The Morgan fingerprint density at radius 3 is 2.38 bits per heavy atom. The molecule has 0 bridgehead atoms. The van der Waals surface area contributed by atoms with Crippen molar-refractivity contribution in [2.24, 2.45) is 0 Å². The van der Waals surface area contributed by atoms with Gasteiger partial charge in [-0.15, -0.1) is 0 Å². The Balaban J connectivity index is 1.67. The monoisotopic (exact) mass is 342 g/mol. The number of piperidine rings is 1. The minimum Gasteiger partial charge on any atom is -0.495 e. The lowest BCUT2D eigenvalue weighted by atomic mass is 9.72. The molecule has 1 fully saturated rings. The van der Waals surface area contributed by atoms with Gasteiger partial charge in [0.15, 0.2) is 0 Å². The maximum absolute atomic E-state index is 10.1. The highest BCUT2D eigenvalue weighted by molar-refractivity contribution is 5.87. The topological polar surface area (TPSA) is 36.3 Å². The molecule has 1 aliphatic heterocycles. The van der Waals surface area contributed by atoms with Gasteiger partial charge in [-0.05, 0) is 41.3 Å². The molecule has 3 aromatic rings. The number of hydrogen-bond donors (Lipinski definition) is 0. The van der Waals surface area contributed by atoms with Crippen LogP contribution in [0, 0.1) is 11.3 Å². The third kappa shape index (κ3) is 2.68. The van der Waals surface area contributed by atoms with E-state index < -0.39 is 5.41 Å². The summed E-state index contributed by atoms with van der Waals surface area (Å²) in [6, 6.07) is 25.5. The van der Waals surface area contributed by atoms with Crippen molar-refractivity contribution in [3.05, 3.63) is 72.3 Å². The molecule has 0 aromatic heterocycles. The van der Waals surface area contributed by atoms with Gasteiger partial charge in [0.05, 0.1) is 24.3 Å². The van der Waals surface area contributed by atoms with Crippen molar-refractivity contribution >= 4 is 16.5 Å². The number of para-hydroxylation sites is 2. The number of benzene rings is 3. The number of nitriles is 1. The largest absolute Gasteiger partial charge is 0.495 e. The molecule has 0 saturated carbocycles. The molecule has 0 amide bonds. The smallest absolute Gasteiger partial charge is 0.142 e. The highest BCUT2D eigenvalue weighted by atomic mass is 16.5. The number of hydrogen-bond acceptors (Lipinski definition) is 3. The van der Waals surface area contributed by atoms with E-state index in [9.17, 15) is 5.26 Å². The number of anilines is 1. The van der Waals surface area contributed by atoms with Crippen LogP contribution in [0.2, 0.25) is 0 Å². The molecule has 0 unspecified atom stereocenters. The molecule has 0 radical (unpaired) electrons. The van der Waals surface area contributed by atoms with Gasteiger partial charge in [-0.1, -0.05) is 54.6 Å². The molecule has 1 aliphatic rings. The zero-order chi connectivity index (χ0) is 18.0. The maximum Gasteiger partial charge on any atom is 0.142 e. The van der Waals surface area contributed by atoms with E-state index in [0.29, 0.717) is 0 Å². The van der Waals surface area contributed by atoms with Crippen molar-refractivity contribution in [3.63, 3.8) is 0 Å². The van der Waals surface area contributed by atoms with Crippen LogP contribution in [-0.2, 0) is 5.41 Å². The molecule has 3 heteroatoms. The fraction of sp³-hybridized carbons (Fsp3) is 0.261. The number of nitrogens with zero attached hydrogens (tertiary/aromatic N) is 2. The van der Waals surface area contributed by atoms with Crippen LogP contribution in [0.3, 0.4) is 0 Å². The number of methoxy groups -OCH3 is 1. The number of rotatable bonds is 3. The van der Waals surface area contributed by atoms with Crippen LogP contribution in [0.5, 0.6) is 5.75 Å². The normalized spacial score (nSPS) is 16.2. The SMILES string of the molecule is COc1ccccc1N1CCC(C#N)(c2cccc3ccccc23)CC1. The number of fused-ring (bicyclic) bond motifs is 1. The van der Waals surface area contributed by atoms with Crippen LogP contribution in [-0.4, -0.2) is 20.2 Å². The van der Waals surface area contributed by atoms with E-state index in [1.165, 1.54) is 10.8 Å². The van der Waals surface area contributed by atoms with Crippen LogP contribution >= 0.6 is 0 Å². The lowest BCUT2D eigenvalue weighted by Crippen LogP contribution is -2.42. The summed E-state index contributed by atoms with van der Waals surface area (Å²) in [5.74, 6) is 0.891. The average Bonchev–Trinajstić information content (AvgIpc) is 2.73. The molecule has 130 valence electrons. The average molecular weight is 342 g/mol. The van der Waals surface area contributed by atoms with E-state index in [1.54, 1.807) is 7.11 Å². The van der Waals surface area contributed by atoms with Crippen molar-refractivity contribution in [3.8, 4) is 11.8 Å². The molecule has 0 N–H and O–H groups in total. The van der Waals surface area contributed by atoms with E-state index in [0.717, 1.165) is 42.9 Å². The van der Waals surface area contributed by atoms with Gasteiger partial charge < -0.3 is 9.64 Å². The molecule has 1 heterocycles. The maximum atomic E-state index is 10.1. The highest BCUT2D eigenvalue weighted by Gasteiger charge is 2.38. The van der Waals surface area contributed by atoms with Crippen LogP contribution in [0.1, 0.15) is 18.4 Å². The predicted octanol–water partition coefficient (Wildman–Crippen LogP) is 4.91. The lowest BCUT2D eigenvalue weighted by Gasteiger charge is -2.39. The summed E-state index contributed by atoms with van der Waals surface area (Å²) < 4.78 is 5.51. The summed E-state index contributed by atoms with van der Waals surface area (Å²) in [5, 5.41) is 12.5. The van der Waals surface area contributed by atoms with Gasteiger partial charge in [-0.2, -0.15) is 5.26 Å². The molecule has 0 aliphatic carbocycles. The zero-order valence-electron chi connectivity index (χ0n) is 15.0.